The standard InChI is InChI=1S/C14H17BrN2/c1-9(16-2)13-12(15)11-7-3-5-10-6-4-8-17(13)14(10)11/h3,5,7,9,16H,4,6,8H2,1-2H3. The normalized spacial score (nSPS) is 16.4. The fourth-order valence-electron chi connectivity index (χ4n) is 2.89. The maximum Gasteiger partial charge on any atom is 0.0527 e. The molecule has 1 atom stereocenters. The molecule has 1 aliphatic rings. The molecule has 2 nitrogen and oxygen atoms in total. The number of benzene rings is 1. The number of para-hydroxylation sites is 1. The molecule has 2 heterocycles. The molecule has 0 fully saturated rings. The monoisotopic (exact) mass is 292 g/mol. The highest BCUT2D eigenvalue weighted by molar-refractivity contribution is 9.10. The summed E-state index contributed by atoms with van der Waals surface area (Å²) >= 11 is 3.79. The van der Waals surface area contributed by atoms with Crippen LogP contribution in [0.1, 0.15) is 30.6 Å². The van der Waals surface area contributed by atoms with Crippen molar-refractivity contribution in [3.63, 3.8) is 0 Å². The second-order valence-corrected chi connectivity index (χ2v) is 5.57. The Morgan fingerprint density at radius 2 is 2.24 bits per heavy atom. The summed E-state index contributed by atoms with van der Waals surface area (Å²) in [5, 5.41) is 4.71. The predicted octanol–water partition coefficient (Wildman–Crippen LogP) is 3.63. The van der Waals surface area contributed by atoms with Crippen LogP contribution in [0.15, 0.2) is 22.7 Å². The summed E-state index contributed by atoms with van der Waals surface area (Å²) in [6.07, 6.45) is 2.46. The molecule has 0 bridgehead atoms. The lowest BCUT2D eigenvalue weighted by Crippen LogP contribution is -2.19. The second kappa shape index (κ2) is 4.14. The third-order valence-corrected chi connectivity index (χ3v) is 4.65. The van der Waals surface area contributed by atoms with Crippen molar-refractivity contribution in [2.24, 2.45) is 0 Å². The third kappa shape index (κ3) is 1.56. The second-order valence-electron chi connectivity index (χ2n) is 4.78. The van der Waals surface area contributed by atoms with Gasteiger partial charge in [-0.25, -0.2) is 0 Å². The van der Waals surface area contributed by atoms with E-state index in [0.717, 1.165) is 6.54 Å². The van der Waals surface area contributed by atoms with Gasteiger partial charge < -0.3 is 9.88 Å². The van der Waals surface area contributed by atoms with Crippen LogP contribution in [0.4, 0.5) is 0 Å². The number of halogens is 1. The molecule has 1 aliphatic heterocycles. The van der Waals surface area contributed by atoms with Crippen molar-refractivity contribution in [3.8, 4) is 0 Å². The largest absolute Gasteiger partial charge is 0.342 e. The first-order valence-corrected chi connectivity index (χ1v) is 7.00. The van der Waals surface area contributed by atoms with Gasteiger partial charge in [0.2, 0.25) is 0 Å². The predicted molar refractivity (Wildman–Crippen MR) is 75.4 cm³/mol. The van der Waals surface area contributed by atoms with Crippen LogP contribution in [-0.4, -0.2) is 11.6 Å². The summed E-state index contributed by atoms with van der Waals surface area (Å²) in [7, 11) is 2.02. The van der Waals surface area contributed by atoms with Gasteiger partial charge in [-0.2, -0.15) is 0 Å². The summed E-state index contributed by atoms with van der Waals surface area (Å²) in [5.74, 6) is 0. The lowest BCUT2D eigenvalue weighted by atomic mass is 10.0. The minimum Gasteiger partial charge on any atom is -0.342 e. The van der Waals surface area contributed by atoms with E-state index in [2.05, 4.69) is 50.9 Å². The first-order valence-electron chi connectivity index (χ1n) is 6.20. The number of aryl methyl sites for hydroxylation is 2. The Morgan fingerprint density at radius 1 is 1.41 bits per heavy atom. The Balaban J connectivity index is 2.37. The lowest BCUT2D eigenvalue weighted by molar-refractivity contribution is 0.548. The highest BCUT2D eigenvalue weighted by atomic mass is 79.9. The van der Waals surface area contributed by atoms with E-state index in [9.17, 15) is 0 Å². The Morgan fingerprint density at radius 3 is 3.00 bits per heavy atom. The van der Waals surface area contributed by atoms with Crippen LogP contribution >= 0.6 is 15.9 Å². The van der Waals surface area contributed by atoms with Gasteiger partial charge in [-0.05, 0) is 48.3 Å². The molecule has 0 saturated carbocycles. The smallest absolute Gasteiger partial charge is 0.0527 e. The van der Waals surface area contributed by atoms with Gasteiger partial charge in [0, 0.05) is 28.1 Å². The summed E-state index contributed by atoms with van der Waals surface area (Å²) in [5.41, 5.74) is 4.31. The van der Waals surface area contributed by atoms with Gasteiger partial charge in [-0.3, -0.25) is 0 Å². The minimum atomic E-state index is 0.378. The molecule has 0 amide bonds. The quantitative estimate of drug-likeness (QED) is 0.894. The van der Waals surface area contributed by atoms with Crippen molar-refractivity contribution in [2.75, 3.05) is 7.05 Å². The van der Waals surface area contributed by atoms with Crippen LogP contribution in [0.3, 0.4) is 0 Å². The minimum absolute atomic E-state index is 0.378. The van der Waals surface area contributed by atoms with Crippen LogP contribution in [0.2, 0.25) is 0 Å². The highest BCUT2D eigenvalue weighted by Crippen LogP contribution is 2.38. The van der Waals surface area contributed by atoms with Crippen molar-refractivity contribution in [1.29, 1.82) is 0 Å². The number of rotatable bonds is 2. The fraction of sp³-hybridized carbons (Fsp3) is 0.429. The third-order valence-electron chi connectivity index (χ3n) is 3.81. The number of aromatic nitrogens is 1. The van der Waals surface area contributed by atoms with E-state index in [4.69, 9.17) is 0 Å². The van der Waals surface area contributed by atoms with Crippen LogP contribution in [0.25, 0.3) is 10.9 Å². The van der Waals surface area contributed by atoms with Gasteiger partial charge in [-0.1, -0.05) is 18.2 Å². The molecule has 1 aromatic carbocycles. The fourth-order valence-corrected chi connectivity index (χ4v) is 3.76. The van der Waals surface area contributed by atoms with E-state index in [1.54, 1.807) is 0 Å². The maximum atomic E-state index is 3.79. The van der Waals surface area contributed by atoms with Crippen molar-refractivity contribution in [2.45, 2.75) is 32.4 Å². The molecular weight excluding hydrogens is 276 g/mol. The van der Waals surface area contributed by atoms with Gasteiger partial charge in [0.05, 0.1) is 5.52 Å². The molecule has 3 heteroatoms. The first-order chi connectivity index (χ1) is 8.24. The first kappa shape index (κ1) is 11.3. The Bertz CT molecular complexity index is 571. The van der Waals surface area contributed by atoms with Crippen molar-refractivity contribution >= 4 is 26.8 Å². The molecular formula is C14H17BrN2. The van der Waals surface area contributed by atoms with Gasteiger partial charge in [0.15, 0.2) is 0 Å². The number of hydrogen-bond acceptors (Lipinski definition) is 1. The van der Waals surface area contributed by atoms with Crippen LogP contribution in [0, 0.1) is 0 Å². The van der Waals surface area contributed by atoms with Crippen molar-refractivity contribution < 1.29 is 0 Å². The molecule has 0 aliphatic carbocycles. The Kier molecular flexibility index (Phi) is 2.75. The van der Waals surface area contributed by atoms with E-state index in [-0.39, 0.29) is 0 Å². The zero-order chi connectivity index (χ0) is 12.0. The van der Waals surface area contributed by atoms with Crippen molar-refractivity contribution in [3.05, 3.63) is 33.9 Å². The van der Waals surface area contributed by atoms with Crippen LogP contribution in [0.5, 0.6) is 0 Å². The molecule has 0 saturated heterocycles. The van der Waals surface area contributed by atoms with Crippen LogP contribution in [-0.2, 0) is 13.0 Å². The molecule has 1 N–H and O–H groups in total. The molecule has 0 radical (unpaired) electrons. The zero-order valence-electron chi connectivity index (χ0n) is 10.3. The summed E-state index contributed by atoms with van der Waals surface area (Å²) in [6, 6.07) is 7.03. The molecule has 2 aromatic rings. The van der Waals surface area contributed by atoms with E-state index in [1.165, 1.54) is 39.5 Å². The average molecular weight is 293 g/mol. The number of hydrogen-bond donors (Lipinski definition) is 1. The van der Waals surface area contributed by atoms with Gasteiger partial charge in [-0.15, -0.1) is 0 Å². The number of nitrogens with one attached hydrogen (secondary N) is 1. The van der Waals surface area contributed by atoms with Gasteiger partial charge in [0.25, 0.3) is 0 Å². The van der Waals surface area contributed by atoms with E-state index in [1.807, 2.05) is 7.05 Å². The summed E-state index contributed by atoms with van der Waals surface area (Å²) in [4.78, 5) is 0. The zero-order valence-corrected chi connectivity index (χ0v) is 11.8. The van der Waals surface area contributed by atoms with Gasteiger partial charge in [0.1, 0.15) is 0 Å². The summed E-state index contributed by atoms with van der Waals surface area (Å²) < 4.78 is 3.75. The van der Waals surface area contributed by atoms with Crippen molar-refractivity contribution in [1.82, 2.24) is 9.88 Å². The number of nitrogens with zero attached hydrogens (tertiary/aromatic N) is 1. The molecule has 90 valence electrons. The topological polar surface area (TPSA) is 17.0 Å². The van der Waals surface area contributed by atoms with E-state index in [0.29, 0.717) is 6.04 Å². The van der Waals surface area contributed by atoms with Gasteiger partial charge >= 0.3 is 0 Å². The Hall–Kier alpha value is -0.800. The maximum absolute atomic E-state index is 3.79. The molecule has 0 spiro atoms. The Labute approximate surface area is 110 Å². The highest BCUT2D eigenvalue weighted by Gasteiger charge is 2.22. The molecule has 1 aromatic heterocycles. The lowest BCUT2D eigenvalue weighted by Gasteiger charge is -2.20. The van der Waals surface area contributed by atoms with Crippen LogP contribution < -0.4 is 5.32 Å². The summed E-state index contributed by atoms with van der Waals surface area (Å²) in [6.45, 7) is 3.36. The van der Waals surface area contributed by atoms with E-state index < -0.39 is 0 Å². The molecule has 3 rings (SSSR count). The van der Waals surface area contributed by atoms with E-state index >= 15 is 0 Å². The molecule has 1 unspecified atom stereocenters. The molecule has 17 heavy (non-hydrogen) atoms. The SMILES string of the molecule is CNC(C)c1c(Br)c2cccc3c2n1CCC3. The average Bonchev–Trinajstić information content (AvgIpc) is 2.65.